The normalized spacial score (nSPS) is 19.1. The van der Waals surface area contributed by atoms with Crippen LogP contribution in [0.1, 0.15) is 37.4 Å². The van der Waals surface area contributed by atoms with E-state index >= 15 is 0 Å². The van der Waals surface area contributed by atoms with Gasteiger partial charge < -0.3 is 15.4 Å². The summed E-state index contributed by atoms with van der Waals surface area (Å²) in [4.78, 5) is 2.15. The highest BCUT2D eigenvalue weighted by molar-refractivity contribution is 9.10. The Morgan fingerprint density at radius 3 is 2.75 bits per heavy atom. The van der Waals surface area contributed by atoms with Crippen LogP contribution in [0, 0.1) is 0 Å². The van der Waals surface area contributed by atoms with Crippen LogP contribution in [0.4, 0.5) is 0 Å². The van der Waals surface area contributed by atoms with Crippen molar-refractivity contribution in [3.8, 4) is 0 Å². The van der Waals surface area contributed by atoms with E-state index < -0.39 is 0 Å². The fourth-order valence-corrected chi connectivity index (χ4v) is 3.36. The lowest BCUT2D eigenvalue weighted by atomic mass is 9.75. The van der Waals surface area contributed by atoms with Gasteiger partial charge in [-0.2, -0.15) is 5.10 Å². The van der Waals surface area contributed by atoms with E-state index in [9.17, 15) is 0 Å². The lowest BCUT2D eigenvalue weighted by Gasteiger charge is -2.42. The van der Waals surface area contributed by atoms with Crippen LogP contribution >= 0.6 is 15.9 Å². The van der Waals surface area contributed by atoms with Gasteiger partial charge in [0.15, 0.2) is 0 Å². The average molecular weight is 345 g/mol. The number of nitrogens with zero attached hydrogens (tertiary/aromatic N) is 3. The van der Waals surface area contributed by atoms with Gasteiger partial charge in [-0.25, -0.2) is 0 Å². The number of aromatic nitrogens is 2. The second kappa shape index (κ2) is 6.56. The molecule has 1 aromatic rings. The average Bonchev–Trinajstić information content (AvgIpc) is 2.72. The third-order valence-corrected chi connectivity index (χ3v) is 4.84. The molecule has 0 aliphatic heterocycles. The molecule has 5 nitrogen and oxygen atoms in total. The largest absolute Gasteiger partial charge is 0.378 e. The zero-order valence-electron chi connectivity index (χ0n) is 12.6. The highest BCUT2D eigenvalue weighted by Gasteiger charge is 2.39. The third-order valence-electron chi connectivity index (χ3n) is 4.23. The van der Waals surface area contributed by atoms with Gasteiger partial charge in [-0.15, -0.1) is 0 Å². The quantitative estimate of drug-likeness (QED) is 0.823. The molecule has 0 aromatic carbocycles. The molecule has 1 unspecified atom stereocenters. The zero-order valence-corrected chi connectivity index (χ0v) is 14.2. The number of halogens is 1. The maximum Gasteiger partial charge on any atom is 0.0697 e. The van der Waals surface area contributed by atoms with Gasteiger partial charge in [0, 0.05) is 13.7 Å². The minimum absolute atomic E-state index is 0.0183. The van der Waals surface area contributed by atoms with Gasteiger partial charge in [-0.05, 0) is 55.7 Å². The van der Waals surface area contributed by atoms with Crippen LogP contribution in [-0.2, 0) is 11.3 Å². The minimum Gasteiger partial charge on any atom is -0.378 e. The first kappa shape index (κ1) is 15.9. The number of hydrogen-bond acceptors (Lipinski definition) is 4. The second-order valence-electron chi connectivity index (χ2n) is 5.96. The molecule has 1 aromatic heterocycles. The summed E-state index contributed by atoms with van der Waals surface area (Å²) in [5.74, 6) is 0. The maximum absolute atomic E-state index is 6.43. The summed E-state index contributed by atoms with van der Waals surface area (Å²) in [6.45, 7) is 1.80. The topological polar surface area (TPSA) is 56.3 Å². The smallest absolute Gasteiger partial charge is 0.0697 e. The predicted molar refractivity (Wildman–Crippen MR) is 83.6 cm³/mol. The van der Waals surface area contributed by atoms with Crippen LogP contribution in [0.5, 0.6) is 0 Å². The van der Waals surface area contributed by atoms with E-state index in [-0.39, 0.29) is 11.6 Å². The molecular weight excluding hydrogens is 320 g/mol. The highest BCUT2D eigenvalue weighted by Crippen LogP contribution is 2.42. The van der Waals surface area contributed by atoms with Crippen molar-refractivity contribution in [2.45, 2.75) is 43.9 Å². The fourth-order valence-electron chi connectivity index (χ4n) is 2.77. The van der Waals surface area contributed by atoms with Gasteiger partial charge in [-0.1, -0.05) is 0 Å². The molecular formula is C14H25BrN4O. The molecule has 0 saturated heterocycles. The molecule has 0 radical (unpaired) electrons. The van der Waals surface area contributed by atoms with Crippen molar-refractivity contribution in [3.63, 3.8) is 0 Å². The van der Waals surface area contributed by atoms with Crippen molar-refractivity contribution in [1.29, 1.82) is 0 Å². The molecule has 0 spiro atoms. The molecule has 2 rings (SSSR count). The summed E-state index contributed by atoms with van der Waals surface area (Å²) in [7, 11) is 5.92. The fraction of sp³-hybridized carbons (Fsp3) is 0.786. The van der Waals surface area contributed by atoms with Crippen LogP contribution in [0.25, 0.3) is 0 Å². The van der Waals surface area contributed by atoms with Crippen LogP contribution < -0.4 is 5.73 Å². The van der Waals surface area contributed by atoms with Crippen LogP contribution in [-0.4, -0.2) is 48.0 Å². The molecule has 1 saturated carbocycles. The Labute approximate surface area is 129 Å². The van der Waals surface area contributed by atoms with Crippen LogP contribution in [0.15, 0.2) is 10.7 Å². The number of rotatable bonds is 7. The van der Waals surface area contributed by atoms with Crippen molar-refractivity contribution < 1.29 is 4.74 Å². The summed E-state index contributed by atoms with van der Waals surface area (Å²) in [5, 5.41) is 4.43. The summed E-state index contributed by atoms with van der Waals surface area (Å²) >= 11 is 3.58. The first-order valence-electron chi connectivity index (χ1n) is 7.14. The Hall–Kier alpha value is -0.430. The SMILES string of the molecule is COC1(CC(N)c2c(Br)cnn2CCN(C)C)CCC1. The van der Waals surface area contributed by atoms with E-state index in [4.69, 9.17) is 10.5 Å². The van der Waals surface area contributed by atoms with Gasteiger partial charge in [-0.3, -0.25) is 4.68 Å². The molecule has 1 aliphatic rings. The molecule has 20 heavy (non-hydrogen) atoms. The summed E-state index contributed by atoms with van der Waals surface area (Å²) in [6, 6.07) is -0.0470. The number of ether oxygens (including phenoxy) is 1. The lowest BCUT2D eigenvalue weighted by molar-refractivity contribution is -0.0821. The second-order valence-corrected chi connectivity index (χ2v) is 6.81. The van der Waals surface area contributed by atoms with Crippen molar-refractivity contribution in [3.05, 3.63) is 16.4 Å². The van der Waals surface area contributed by atoms with E-state index in [2.05, 4.69) is 40.0 Å². The van der Waals surface area contributed by atoms with Gasteiger partial charge in [0.05, 0.1) is 34.6 Å². The third kappa shape index (κ3) is 3.42. The maximum atomic E-state index is 6.43. The Morgan fingerprint density at radius 2 is 2.25 bits per heavy atom. The van der Waals surface area contributed by atoms with Gasteiger partial charge in [0.2, 0.25) is 0 Å². The number of methoxy groups -OCH3 is 1. The molecule has 1 fully saturated rings. The highest BCUT2D eigenvalue weighted by atomic mass is 79.9. The van der Waals surface area contributed by atoms with Crippen molar-refractivity contribution in [2.75, 3.05) is 27.7 Å². The molecule has 2 N–H and O–H groups in total. The Bertz CT molecular complexity index is 437. The predicted octanol–water partition coefficient (Wildman–Crippen LogP) is 2.17. The van der Waals surface area contributed by atoms with Crippen molar-refractivity contribution in [2.24, 2.45) is 5.73 Å². The van der Waals surface area contributed by atoms with Crippen LogP contribution in [0.3, 0.4) is 0 Å². The van der Waals surface area contributed by atoms with Gasteiger partial charge in [0.1, 0.15) is 0 Å². The molecule has 1 heterocycles. The number of likely N-dealkylation sites (N-methyl/N-ethyl adjacent to an activating group) is 1. The van der Waals surface area contributed by atoms with Crippen molar-refractivity contribution >= 4 is 15.9 Å². The monoisotopic (exact) mass is 344 g/mol. The van der Waals surface area contributed by atoms with E-state index in [1.54, 1.807) is 7.11 Å². The number of hydrogen-bond donors (Lipinski definition) is 1. The first-order chi connectivity index (χ1) is 9.47. The molecule has 114 valence electrons. The molecule has 0 bridgehead atoms. The first-order valence-corrected chi connectivity index (χ1v) is 7.93. The molecule has 1 atom stereocenters. The van der Waals surface area contributed by atoms with Gasteiger partial charge in [0.25, 0.3) is 0 Å². The van der Waals surface area contributed by atoms with E-state index in [1.807, 2.05) is 10.9 Å². The number of nitrogens with two attached hydrogens (primary N) is 1. The van der Waals surface area contributed by atoms with Crippen LogP contribution in [0.2, 0.25) is 0 Å². The van der Waals surface area contributed by atoms with Crippen molar-refractivity contribution in [1.82, 2.24) is 14.7 Å². The Kier molecular flexibility index (Phi) is 5.23. The molecule has 0 amide bonds. The minimum atomic E-state index is -0.0470. The van der Waals surface area contributed by atoms with E-state index in [1.165, 1.54) is 6.42 Å². The summed E-state index contributed by atoms with van der Waals surface area (Å²) in [5.41, 5.74) is 7.49. The zero-order chi connectivity index (χ0) is 14.8. The van der Waals surface area contributed by atoms with E-state index in [0.29, 0.717) is 0 Å². The Morgan fingerprint density at radius 1 is 1.55 bits per heavy atom. The summed E-state index contributed by atoms with van der Waals surface area (Å²) in [6.07, 6.45) is 6.16. The van der Waals surface area contributed by atoms with Gasteiger partial charge >= 0.3 is 0 Å². The molecule has 6 heteroatoms. The standard InChI is InChI=1S/C14H25BrN4O/c1-18(2)7-8-19-13(11(15)10-17-19)12(16)9-14(20-3)5-4-6-14/h10,12H,4-9,16H2,1-3H3. The molecule has 1 aliphatic carbocycles. The summed E-state index contributed by atoms with van der Waals surface area (Å²) < 4.78 is 8.69. The Balaban J connectivity index is 2.08. The lowest BCUT2D eigenvalue weighted by Crippen LogP contribution is -2.42. The van der Waals surface area contributed by atoms with E-state index in [0.717, 1.165) is 42.5 Å².